The van der Waals surface area contributed by atoms with E-state index in [1.165, 1.54) is 28.6 Å². The van der Waals surface area contributed by atoms with Crippen LogP contribution in [0.15, 0.2) is 71.6 Å². The number of nitrogens with one attached hydrogen (secondary N) is 1. The predicted molar refractivity (Wildman–Crippen MR) is 121 cm³/mol. The SMILES string of the molecule is Cc1ccc(NC(=O)[C@@H]2CN(S(=O)(=O)c3ccc(Cl)cc3)c3ccccc3O2)c(C)c1. The molecule has 1 aliphatic heterocycles. The van der Waals surface area contributed by atoms with Gasteiger partial charge in [-0.25, -0.2) is 8.42 Å². The van der Waals surface area contributed by atoms with Crippen molar-refractivity contribution in [3.63, 3.8) is 0 Å². The summed E-state index contributed by atoms with van der Waals surface area (Å²) >= 11 is 5.91. The number of amides is 1. The van der Waals surface area contributed by atoms with Crippen LogP contribution in [0.4, 0.5) is 11.4 Å². The van der Waals surface area contributed by atoms with Gasteiger partial charge in [-0.05, 0) is 61.9 Å². The number of hydrogen-bond donors (Lipinski definition) is 1. The average molecular weight is 457 g/mol. The first kappa shape index (κ1) is 21.2. The van der Waals surface area contributed by atoms with Gasteiger partial charge in [0.05, 0.1) is 17.1 Å². The Bertz CT molecular complexity index is 1240. The van der Waals surface area contributed by atoms with Gasteiger partial charge in [-0.1, -0.05) is 41.4 Å². The van der Waals surface area contributed by atoms with Crippen LogP contribution >= 0.6 is 11.6 Å². The van der Waals surface area contributed by atoms with Crippen LogP contribution < -0.4 is 14.4 Å². The number of aryl methyl sites for hydroxylation is 2. The maximum Gasteiger partial charge on any atom is 0.267 e. The molecule has 1 atom stereocenters. The van der Waals surface area contributed by atoms with Crippen LogP contribution in [0.1, 0.15) is 11.1 Å². The summed E-state index contributed by atoms with van der Waals surface area (Å²) in [6, 6.07) is 18.4. The van der Waals surface area contributed by atoms with E-state index in [4.69, 9.17) is 16.3 Å². The van der Waals surface area contributed by atoms with E-state index in [-0.39, 0.29) is 11.4 Å². The summed E-state index contributed by atoms with van der Waals surface area (Å²) in [6.07, 6.45) is -1.02. The third-order valence-electron chi connectivity index (χ3n) is 5.07. The zero-order chi connectivity index (χ0) is 22.2. The van der Waals surface area contributed by atoms with Crippen LogP contribution in [0.3, 0.4) is 0 Å². The number of anilines is 2. The molecule has 1 heterocycles. The van der Waals surface area contributed by atoms with E-state index in [9.17, 15) is 13.2 Å². The molecule has 31 heavy (non-hydrogen) atoms. The fraction of sp³-hybridized carbons (Fsp3) is 0.174. The monoisotopic (exact) mass is 456 g/mol. The van der Waals surface area contributed by atoms with Crippen molar-refractivity contribution < 1.29 is 17.9 Å². The highest BCUT2D eigenvalue weighted by atomic mass is 35.5. The Morgan fingerprint density at radius 3 is 2.48 bits per heavy atom. The number of fused-ring (bicyclic) bond motifs is 1. The first-order chi connectivity index (χ1) is 14.8. The molecule has 1 N–H and O–H groups in total. The Morgan fingerprint density at radius 1 is 1.06 bits per heavy atom. The second-order valence-corrected chi connectivity index (χ2v) is 9.67. The number of carbonyl (C=O) groups excluding carboxylic acids is 1. The minimum Gasteiger partial charge on any atom is -0.476 e. The van der Waals surface area contributed by atoms with Gasteiger partial charge in [-0.15, -0.1) is 0 Å². The molecule has 8 heteroatoms. The van der Waals surface area contributed by atoms with Crippen molar-refractivity contribution in [3.8, 4) is 5.75 Å². The molecule has 3 aromatic rings. The first-order valence-corrected chi connectivity index (χ1v) is 11.5. The minimum atomic E-state index is -3.93. The molecule has 0 aromatic heterocycles. The molecule has 0 saturated heterocycles. The summed E-state index contributed by atoms with van der Waals surface area (Å²) in [6.45, 7) is 3.72. The van der Waals surface area contributed by atoms with Crippen molar-refractivity contribution in [1.29, 1.82) is 0 Å². The molecule has 1 aliphatic rings. The molecule has 0 spiro atoms. The summed E-state index contributed by atoms with van der Waals surface area (Å²) in [7, 11) is -3.93. The fourth-order valence-corrected chi connectivity index (χ4v) is 5.07. The number of benzene rings is 3. The molecule has 160 valence electrons. The molecule has 6 nitrogen and oxygen atoms in total. The van der Waals surface area contributed by atoms with Crippen LogP contribution in [-0.2, 0) is 14.8 Å². The Balaban J connectivity index is 1.67. The maximum absolute atomic E-state index is 13.4. The van der Waals surface area contributed by atoms with Gasteiger partial charge >= 0.3 is 0 Å². The third-order valence-corrected chi connectivity index (χ3v) is 7.11. The van der Waals surface area contributed by atoms with E-state index < -0.39 is 22.0 Å². The lowest BCUT2D eigenvalue weighted by molar-refractivity contribution is -0.122. The van der Waals surface area contributed by atoms with Gasteiger partial charge < -0.3 is 10.1 Å². The van der Waals surface area contributed by atoms with E-state index in [2.05, 4.69) is 5.32 Å². The Kier molecular flexibility index (Phi) is 5.64. The van der Waals surface area contributed by atoms with Crippen molar-refractivity contribution in [2.75, 3.05) is 16.2 Å². The highest BCUT2D eigenvalue weighted by molar-refractivity contribution is 7.92. The van der Waals surface area contributed by atoms with Gasteiger partial charge in [0.15, 0.2) is 6.10 Å². The van der Waals surface area contributed by atoms with E-state index in [0.29, 0.717) is 22.1 Å². The number of para-hydroxylation sites is 2. The van der Waals surface area contributed by atoms with Gasteiger partial charge in [0.25, 0.3) is 15.9 Å². The first-order valence-electron chi connectivity index (χ1n) is 9.68. The number of hydrogen-bond acceptors (Lipinski definition) is 4. The third kappa shape index (κ3) is 4.24. The number of nitrogens with zero attached hydrogens (tertiary/aromatic N) is 1. The van der Waals surface area contributed by atoms with Gasteiger partial charge in [0.2, 0.25) is 0 Å². The summed E-state index contributed by atoms with van der Waals surface area (Å²) in [5.41, 5.74) is 3.03. The Hall–Kier alpha value is -3.03. The van der Waals surface area contributed by atoms with E-state index in [1.54, 1.807) is 24.3 Å². The minimum absolute atomic E-state index is 0.0853. The van der Waals surface area contributed by atoms with Gasteiger partial charge in [-0.2, -0.15) is 0 Å². The predicted octanol–water partition coefficient (Wildman–Crippen LogP) is 4.55. The normalized spacial score (nSPS) is 15.7. The van der Waals surface area contributed by atoms with Crippen LogP contribution in [0, 0.1) is 13.8 Å². The second kappa shape index (κ2) is 8.24. The van der Waals surface area contributed by atoms with Gasteiger partial charge in [-0.3, -0.25) is 9.10 Å². The van der Waals surface area contributed by atoms with Gasteiger partial charge in [0.1, 0.15) is 5.75 Å². The highest BCUT2D eigenvalue weighted by Gasteiger charge is 2.37. The lowest BCUT2D eigenvalue weighted by Crippen LogP contribution is -2.48. The van der Waals surface area contributed by atoms with Crippen LogP contribution in [-0.4, -0.2) is 27.0 Å². The molecule has 0 saturated carbocycles. The van der Waals surface area contributed by atoms with E-state index in [0.717, 1.165) is 11.1 Å². The van der Waals surface area contributed by atoms with Crippen molar-refractivity contribution in [3.05, 3.63) is 82.9 Å². The van der Waals surface area contributed by atoms with Crippen LogP contribution in [0.25, 0.3) is 0 Å². The molecular weight excluding hydrogens is 436 g/mol. The lowest BCUT2D eigenvalue weighted by Gasteiger charge is -2.34. The van der Waals surface area contributed by atoms with Crippen LogP contribution in [0.5, 0.6) is 5.75 Å². The number of ether oxygens (including phenoxy) is 1. The molecular formula is C23H21ClN2O4S. The molecule has 0 radical (unpaired) electrons. The standard InChI is InChI=1S/C23H21ClN2O4S/c1-15-7-12-19(16(2)13-15)25-23(27)22-14-26(20-5-3-4-6-21(20)30-22)31(28,29)18-10-8-17(24)9-11-18/h3-13,22H,14H2,1-2H3,(H,25,27)/t22-/m0/s1. The number of rotatable bonds is 4. The summed E-state index contributed by atoms with van der Waals surface area (Å²) in [4.78, 5) is 13.1. The number of carbonyl (C=O) groups is 1. The zero-order valence-electron chi connectivity index (χ0n) is 17.0. The smallest absolute Gasteiger partial charge is 0.267 e. The van der Waals surface area contributed by atoms with Crippen molar-refractivity contribution in [2.24, 2.45) is 0 Å². The summed E-state index contributed by atoms with van der Waals surface area (Å²) in [5.74, 6) is -0.0928. The van der Waals surface area contributed by atoms with Crippen molar-refractivity contribution in [1.82, 2.24) is 0 Å². The second-order valence-electron chi connectivity index (χ2n) is 7.37. The Labute approximate surface area is 186 Å². The van der Waals surface area contributed by atoms with Gasteiger partial charge in [0, 0.05) is 10.7 Å². The number of halogens is 1. The molecule has 0 unspecified atom stereocenters. The van der Waals surface area contributed by atoms with E-state index >= 15 is 0 Å². The molecule has 0 aliphatic carbocycles. The van der Waals surface area contributed by atoms with Crippen molar-refractivity contribution >= 4 is 38.9 Å². The molecule has 0 bridgehead atoms. The number of sulfonamides is 1. The average Bonchev–Trinajstić information content (AvgIpc) is 2.75. The topological polar surface area (TPSA) is 75.7 Å². The van der Waals surface area contributed by atoms with Crippen molar-refractivity contribution in [2.45, 2.75) is 24.8 Å². The molecule has 4 rings (SSSR count). The zero-order valence-corrected chi connectivity index (χ0v) is 18.6. The molecule has 3 aromatic carbocycles. The summed E-state index contributed by atoms with van der Waals surface area (Å²) < 4.78 is 33.8. The van der Waals surface area contributed by atoms with E-state index in [1.807, 2.05) is 32.0 Å². The van der Waals surface area contributed by atoms with Crippen LogP contribution in [0.2, 0.25) is 5.02 Å². The molecule has 0 fully saturated rings. The maximum atomic E-state index is 13.4. The summed E-state index contributed by atoms with van der Waals surface area (Å²) in [5, 5.41) is 3.29. The largest absolute Gasteiger partial charge is 0.476 e. The quantitative estimate of drug-likeness (QED) is 0.624. The fourth-order valence-electron chi connectivity index (χ4n) is 3.47. The Morgan fingerprint density at radius 2 is 1.77 bits per heavy atom. The lowest BCUT2D eigenvalue weighted by atomic mass is 10.1. The highest BCUT2D eigenvalue weighted by Crippen LogP contribution is 2.37. The molecule has 1 amide bonds.